The fourth-order valence-corrected chi connectivity index (χ4v) is 4.79. The van der Waals surface area contributed by atoms with Crippen molar-refractivity contribution >= 4 is 23.5 Å². The van der Waals surface area contributed by atoms with Crippen LogP contribution in [0.2, 0.25) is 5.02 Å². The number of aryl methyl sites for hydroxylation is 1. The molecule has 3 heterocycles. The van der Waals surface area contributed by atoms with Crippen LogP contribution in [0, 0.1) is 18.6 Å². The molecule has 3 aliphatic rings. The van der Waals surface area contributed by atoms with E-state index in [1.807, 2.05) is 36.1 Å². The normalized spacial score (nSPS) is 21.0. The van der Waals surface area contributed by atoms with E-state index in [-0.39, 0.29) is 17.2 Å². The maximum absolute atomic E-state index is 14.2. The number of aromatic nitrogens is 3. The van der Waals surface area contributed by atoms with Crippen molar-refractivity contribution in [2.75, 3.05) is 20.3 Å². The molecule has 1 saturated heterocycles. The Bertz CT molecular complexity index is 1400. The van der Waals surface area contributed by atoms with Crippen molar-refractivity contribution in [3.05, 3.63) is 76.0 Å². The molecular formula is C25H22ClF2N5O3. The number of hydrogen-bond donors (Lipinski definition) is 0. The minimum atomic E-state index is -1.06. The van der Waals surface area contributed by atoms with Crippen molar-refractivity contribution in [3.8, 4) is 11.4 Å². The molecule has 36 heavy (non-hydrogen) atoms. The number of oxime groups is 1. The second-order valence-corrected chi connectivity index (χ2v) is 9.52. The molecule has 0 N–H and O–H groups in total. The van der Waals surface area contributed by atoms with Crippen LogP contribution in [0.3, 0.4) is 0 Å². The molecule has 0 radical (unpaired) electrons. The minimum absolute atomic E-state index is 0.175. The van der Waals surface area contributed by atoms with E-state index in [4.69, 9.17) is 25.9 Å². The highest BCUT2D eigenvalue weighted by Gasteiger charge is 2.54. The zero-order valence-corrected chi connectivity index (χ0v) is 20.3. The number of methoxy groups -OCH3 is 1. The average Bonchev–Trinajstić information content (AvgIpc) is 3.47. The number of hydrogen-bond acceptors (Lipinski definition) is 7. The summed E-state index contributed by atoms with van der Waals surface area (Å²) in [5.41, 5.74) is 1.72. The number of morpholine rings is 1. The van der Waals surface area contributed by atoms with Gasteiger partial charge in [-0.2, -0.15) is 5.10 Å². The Morgan fingerprint density at radius 3 is 2.75 bits per heavy atom. The van der Waals surface area contributed by atoms with Crippen LogP contribution < -0.4 is 4.74 Å². The van der Waals surface area contributed by atoms with Crippen LogP contribution in [-0.4, -0.2) is 51.4 Å². The molecule has 1 saturated carbocycles. The standard InChI is InChI=1S/C25H22ClF2N5O3/c1-14-29-13-33(30-14)19-4-3-15(7-21(19)34-2)8-22-24-31-35-11-20(32(24)12-25(36-22)5-6-25)16-9-17(26)23(28)18(27)10-16/h3-4,7-10,13,20H,5-6,11-12H2,1-2H3/b22-8-. The van der Waals surface area contributed by atoms with Gasteiger partial charge in [0.2, 0.25) is 5.84 Å². The third-order valence-corrected chi connectivity index (χ3v) is 6.87. The van der Waals surface area contributed by atoms with Crippen molar-refractivity contribution in [2.45, 2.75) is 31.4 Å². The van der Waals surface area contributed by atoms with Gasteiger partial charge in [0, 0.05) is 0 Å². The molecule has 0 amide bonds. The largest absolute Gasteiger partial charge is 0.494 e. The van der Waals surface area contributed by atoms with Gasteiger partial charge in [-0.1, -0.05) is 22.8 Å². The highest BCUT2D eigenvalue weighted by atomic mass is 35.5. The van der Waals surface area contributed by atoms with E-state index in [0.29, 0.717) is 35.3 Å². The summed E-state index contributed by atoms with van der Waals surface area (Å²) in [6.07, 6.45) is 5.26. The van der Waals surface area contributed by atoms with E-state index in [2.05, 4.69) is 15.2 Å². The van der Waals surface area contributed by atoms with Gasteiger partial charge in [-0.05, 0) is 61.2 Å². The number of fused-ring (bicyclic) bond motifs is 1. The topological polar surface area (TPSA) is 74.0 Å². The SMILES string of the molecule is COc1cc(/C=C2\OC3(CC3)CN3C2=NOCC3c2cc(F)c(F)c(Cl)c2)ccc1-n1cnc(C)n1. The number of halogens is 3. The molecule has 11 heteroatoms. The van der Waals surface area contributed by atoms with Crippen molar-refractivity contribution in [3.63, 3.8) is 0 Å². The number of nitrogens with zero attached hydrogens (tertiary/aromatic N) is 5. The summed E-state index contributed by atoms with van der Waals surface area (Å²) >= 11 is 5.94. The van der Waals surface area contributed by atoms with E-state index < -0.39 is 17.7 Å². The van der Waals surface area contributed by atoms with E-state index in [9.17, 15) is 8.78 Å². The number of rotatable bonds is 4. The lowest BCUT2D eigenvalue weighted by Gasteiger charge is -2.43. The lowest BCUT2D eigenvalue weighted by atomic mass is 10.0. The molecule has 3 aromatic rings. The fraction of sp³-hybridized carbons (Fsp3) is 0.320. The number of amidine groups is 1. The predicted octanol–water partition coefficient (Wildman–Crippen LogP) is 4.81. The van der Waals surface area contributed by atoms with E-state index >= 15 is 0 Å². The highest BCUT2D eigenvalue weighted by Crippen LogP contribution is 2.48. The third kappa shape index (κ3) is 3.95. The smallest absolute Gasteiger partial charge is 0.211 e. The van der Waals surface area contributed by atoms with Gasteiger partial charge in [-0.3, -0.25) is 0 Å². The van der Waals surface area contributed by atoms with Crippen LogP contribution in [0.5, 0.6) is 5.75 Å². The number of benzene rings is 2. The molecule has 186 valence electrons. The molecule has 1 atom stereocenters. The van der Waals surface area contributed by atoms with Crippen LogP contribution >= 0.6 is 11.6 Å². The van der Waals surface area contributed by atoms with Crippen LogP contribution in [0.15, 0.2) is 47.6 Å². The highest BCUT2D eigenvalue weighted by molar-refractivity contribution is 6.30. The summed E-state index contributed by atoms with van der Waals surface area (Å²) in [4.78, 5) is 11.7. The van der Waals surface area contributed by atoms with Gasteiger partial charge >= 0.3 is 0 Å². The van der Waals surface area contributed by atoms with Crippen LogP contribution in [0.4, 0.5) is 8.78 Å². The first kappa shape index (κ1) is 22.8. The summed E-state index contributed by atoms with van der Waals surface area (Å²) in [7, 11) is 1.59. The Labute approximate surface area is 210 Å². The average molecular weight is 514 g/mol. The molecule has 2 aliphatic heterocycles. The molecule has 1 unspecified atom stereocenters. The van der Waals surface area contributed by atoms with E-state index in [0.717, 1.165) is 30.2 Å². The summed E-state index contributed by atoms with van der Waals surface area (Å²) in [6, 6.07) is 7.87. The first-order chi connectivity index (χ1) is 17.4. The van der Waals surface area contributed by atoms with Gasteiger partial charge in [0.25, 0.3) is 0 Å². The van der Waals surface area contributed by atoms with Gasteiger partial charge in [-0.15, -0.1) is 0 Å². The monoisotopic (exact) mass is 513 g/mol. The predicted molar refractivity (Wildman–Crippen MR) is 128 cm³/mol. The molecule has 1 spiro atoms. The molecule has 6 rings (SSSR count). The molecule has 2 fully saturated rings. The lowest BCUT2D eigenvalue weighted by Crippen LogP contribution is -2.51. The zero-order chi connectivity index (χ0) is 25.0. The van der Waals surface area contributed by atoms with Crippen LogP contribution in [0.1, 0.15) is 35.8 Å². The molecule has 0 bridgehead atoms. The lowest BCUT2D eigenvalue weighted by molar-refractivity contribution is -0.00399. The fourth-order valence-electron chi connectivity index (χ4n) is 4.58. The van der Waals surface area contributed by atoms with Gasteiger partial charge in [0.1, 0.15) is 35.8 Å². The van der Waals surface area contributed by atoms with Gasteiger partial charge in [0.05, 0.1) is 24.7 Å². The van der Waals surface area contributed by atoms with Crippen molar-refractivity contribution < 1.29 is 23.1 Å². The van der Waals surface area contributed by atoms with Crippen LogP contribution in [0.25, 0.3) is 11.8 Å². The summed E-state index contributed by atoms with van der Waals surface area (Å²) in [5, 5.41) is 8.35. The Morgan fingerprint density at radius 1 is 1.22 bits per heavy atom. The Balaban J connectivity index is 1.37. The van der Waals surface area contributed by atoms with Gasteiger partial charge < -0.3 is 19.2 Å². The first-order valence-electron chi connectivity index (χ1n) is 11.4. The second-order valence-electron chi connectivity index (χ2n) is 9.11. The molecular weight excluding hydrogens is 492 g/mol. The molecule has 1 aromatic heterocycles. The summed E-state index contributed by atoms with van der Waals surface area (Å²) in [6.45, 7) is 2.55. The third-order valence-electron chi connectivity index (χ3n) is 6.59. The van der Waals surface area contributed by atoms with Gasteiger partial charge in [-0.25, -0.2) is 18.4 Å². The summed E-state index contributed by atoms with van der Waals surface area (Å²) < 4.78 is 41.6. The quantitative estimate of drug-likeness (QED) is 0.466. The Kier molecular flexibility index (Phi) is 5.36. The van der Waals surface area contributed by atoms with Crippen molar-refractivity contribution in [1.29, 1.82) is 0 Å². The second kappa shape index (κ2) is 8.48. The Hall–Kier alpha value is -3.66. The molecule has 2 aromatic carbocycles. The van der Waals surface area contributed by atoms with E-state index in [1.54, 1.807) is 18.1 Å². The van der Waals surface area contributed by atoms with Crippen molar-refractivity contribution in [1.82, 2.24) is 19.7 Å². The maximum Gasteiger partial charge on any atom is 0.211 e. The summed E-state index contributed by atoms with van der Waals surface area (Å²) in [5.74, 6) is 0.218. The Morgan fingerprint density at radius 2 is 2.06 bits per heavy atom. The molecule has 1 aliphatic carbocycles. The minimum Gasteiger partial charge on any atom is -0.494 e. The number of ether oxygens (including phenoxy) is 2. The zero-order valence-electron chi connectivity index (χ0n) is 19.5. The van der Waals surface area contributed by atoms with Crippen molar-refractivity contribution in [2.24, 2.45) is 5.16 Å². The van der Waals surface area contributed by atoms with Crippen LogP contribution in [-0.2, 0) is 9.57 Å². The van der Waals surface area contributed by atoms with Gasteiger partial charge in [0.15, 0.2) is 17.4 Å². The van der Waals surface area contributed by atoms with E-state index in [1.165, 1.54) is 6.07 Å². The maximum atomic E-state index is 14.2. The first-order valence-corrected chi connectivity index (χ1v) is 11.8. The molecule has 8 nitrogen and oxygen atoms in total.